The Kier molecular flexibility index (Phi) is 3.83. The van der Waals surface area contributed by atoms with Crippen molar-refractivity contribution >= 4 is 28.9 Å². The highest BCUT2D eigenvalue weighted by atomic mass is 32.2. The van der Waals surface area contributed by atoms with Crippen LogP contribution in [0.3, 0.4) is 0 Å². The molecule has 1 heterocycles. The lowest BCUT2D eigenvalue weighted by molar-refractivity contribution is -0.125. The van der Waals surface area contributed by atoms with Crippen LogP contribution >= 0.6 is 11.8 Å². The Bertz CT molecular complexity index is 728. The molecule has 0 atom stereocenters. The zero-order valence-corrected chi connectivity index (χ0v) is 13.7. The lowest BCUT2D eigenvalue weighted by atomic mass is 9.93. The van der Waals surface area contributed by atoms with Gasteiger partial charge in [-0.3, -0.25) is 4.79 Å². The molecule has 1 aliphatic heterocycles. The topological polar surface area (TPSA) is 26.3 Å². The molecule has 112 valence electrons. The zero-order chi connectivity index (χ0) is 15.7. The van der Waals surface area contributed by atoms with Crippen molar-refractivity contribution < 1.29 is 9.53 Å². The van der Waals surface area contributed by atoms with Crippen molar-refractivity contribution in [2.24, 2.45) is 0 Å². The van der Waals surface area contributed by atoms with Crippen LogP contribution in [0.15, 0.2) is 59.5 Å². The summed E-state index contributed by atoms with van der Waals surface area (Å²) in [6.07, 6.45) is 2.04. The van der Waals surface area contributed by atoms with Gasteiger partial charge in [0.25, 0.3) is 0 Å². The molecule has 22 heavy (non-hydrogen) atoms. The van der Waals surface area contributed by atoms with Crippen molar-refractivity contribution in [2.75, 3.05) is 6.26 Å². The van der Waals surface area contributed by atoms with Crippen LogP contribution in [0.2, 0.25) is 0 Å². The van der Waals surface area contributed by atoms with Crippen LogP contribution in [-0.2, 0) is 9.53 Å². The molecule has 1 aliphatic rings. The summed E-state index contributed by atoms with van der Waals surface area (Å²) >= 11 is 1.69. The summed E-state index contributed by atoms with van der Waals surface area (Å²) in [6, 6.07) is 17.9. The predicted octanol–water partition coefficient (Wildman–Crippen LogP) is 4.65. The quantitative estimate of drug-likeness (QED) is 0.772. The summed E-state index contributed by atoms with van der Waals surface area (Å²) in [5.41, 5.74) is 1.69. The molecule has 0 saturated heterocycles. The highest BCUT2D eigenvalue weighted by molar-refractivity contribution is 7.98. The van der Waals surface area contributed by atoms with Crippen molar-refractivity contribution in [2.45, 2.75) is 24.3 Å². The maximum absolute atomic E-state index is 12.8. The minimum absolute atomic E-state index is 0.0308. The Morgan fingerprint density at radius 2 is 1.55 bits per heavy atom. The molecule has 0 aliphatic carbocycles. The van der Waals surface area contributed by atoms with Crippen LogP contribution in [0, 0.1) is 0 Å². The standard InChI is InChI=1S/C19H18O2S/c1-19(2)18(20)16(13-9-11-15(22-3)12-10-13)17(21-19)14-7-5-4-6-8-14/h4-12H,1-3H3. The van der Waals surface area contributed by atoms with Gasteiger partial charge in [-0.2, -0.15) is 0 Å². The summed E-state index contributed by atoms with van der Waals surface area (Å²) in [7, 11) is 0. The van der Waals surface area contributed by atoms with Crippen LogP contribution in [0.5, 0.6) is 0 Å². The molecular weight excluding hydrogens is 292 g/mol. The summed E-state index contributed by atoms with van der Waals surface area (Å²) in [4.78, 5) is 14.0. The van der Waals surface area contributed by atoms with E-state index in [9.17, 15) is 4.79 Å². The predicted molar refractivity (Wildman–Crippen MR) is 91.7 cm³/mol. The smallest absolute Gasteiger partial charge is 0.210 e. The first kappa shape index (κ1) is 14.9. The van der Waals surface area contributed by atoms with Gasteiger partial charge in [0, 0.05) is 10.5 Å². The summed E-state index contributed by atoms with van der Waals surface area (Å²) in [5, 5.41) is 0. The van der Waals surface area contributed by atoms with Gasteiger partial charge in [0.1, 0.15) is 5.76 Å². The second-order valence-corrected chi connectivity index (χ2v) is 6.62. The number of carbonyl (C=O) groups is 1. The van der Waals surface area contributed by atoms with Gasteiger partial charge in [-0.25, -0.2) is 0 Å². The molecule has 0 radical (unpaired) electrons. The number of Topliss-reactive ketones (excluding diaryl/α,β-unsaturated/α-hetero) is 1. The number of hydrogen-bond acceptors (Lipinski definition) is 3. The molecule has 0 fully saturated rings. The third kappa shape index (κ3) is 2.57. The minimum atomic E-state index is -0.821. The average Bonchev–Trinajstić information content (AvgIpc) is 2.79. The molecular formula is C19H18O2S. The Balaban J connectivity index is 2.15. The summed E-state index contributed by atoms with van der Waals surface area (Å²) in [5.74, 6) is 0.704. The minimum Gasteiger partial charge on any atom is -0.478 e. The van der Waals surface area contributed by atoms with Crippen molar-refractivity contribution in [3.63, 3.8) is 0 Å². The fourth-order valence-electron chi connectivity index (χ4n) is 2.57. The van der Waals surface area contributed by atoms with Gasteiger partial charge in [-0.15, -0.1) is 11.8 Å². The Hall–Kier alpha value is -2.00. The van der Waals surface area contributed by atoms with Crippen LogP contribution in [0.25, 0.3) is 11.3 Å². The van der Waals surface area contributed by atoms with Crippen LogP contribution < -0.4 is 0 Å². The summed E-state index contributed by atoms with van der Waals surface area (Å²) < 4.78 is 6.00. The maximum Gasteiger partial charge on any atom is 0.210 e. The van der Waals surface area contributed by atoms with Crippen LogP contribution in [0.4, 0.5) is 0 Å². The van der Waals surface area contributed by atoms with Gasteiger partial charge < -0.3 is 4.74 Å². The molecule has 0 unspecified atom stereocenters. The Morgan fingerprint density at radius 1 is 0.909 bits per heavy atom. The normalized spacial score (nSPS) is 16.8. The summed E-state index contributed by atoms with van der Waals surface area (Å²) in [6.45, 7) is 3.64. The van der Waals surface area contributed by atoms with Crippen molar-refractivity contribution in [3.8, 4) is 0 Å². The highest BCUT2D eigenvalue weighted by Crippen LogP contribution is 2.41. The molecule has 2 aromatic rings. The average molecular weight is 310 g/mol. The van der Waals surface area contributed by atoms with E-state index in [0.717, 1.165) is 11.1 Å². The van der Waals surface area contributed by atoms with E-state index in [-0.39, 0.29) is 5.78 Å². The second-order valence-electron chi connectivity index (χ2n) is 5.74. The Morgan fingerprint density at radius 3 is 2.14 bits per heavy atom. The first-order chi connectivity index (χ1) is 10.5. The molecule has 2 nitrogen and oxygen atoms in total. The fraction of sp³-hybridized carbons (Fsp3) is 0.211. The van der Waals surface area contributed by atoms with E-state index < -0.39 is 5.60 Å². The molecule has 0 bridgehead atoms. The molecule has 0 aromatic heterocycles. The molecule has 0 N–H and O–H groups in total. The number of rotatable bonds is 3. The first-order valence-corrected chi connectivity index (χ1v) is 8.43. The molecule has 3 rings (SSSR count). The number of ether oxygens (including phenoxy) is 1. The number of ketones is 1. The fourth-order valence-corrected chi connectivity index (χ4v) is 2.98. The van der Waals surface area contributed by atoms with E-state index in [2.05, 4.69) is 0 Å². The highest BCUT2D eigenvalue weighted by Gasteiger charge is 2.42. The van der Waals surface area contributed by atoms with Crippen molar-refractivity contribution in [1.29, 1.82) is 0 Å². The van der Waals surface area contributed by atoms with E-state index in [1.54, 1.807) is 11.8 Å². The zero-order valence-electron chi connectivity index (χ0n) is 12.9. The number of thioether (sulfide) groups is 1. The van der Waals surface area contributed by atoms with Crippen LogP contribution in [-0.4, -0.2) is 17.6 Å². The van der Waals surface area contributed by atoms with Gasteiger partial charge in [0.05, 0.1) is 5.57 Å². The monoisotopic (exact) mass is 310 g/mol. The van der Waals surface area contributed by atoms with Gasteiger partial charge in [-0.05, 0) is 37.8 Å². The Labute approximate surface area is 135 Å². The van der Waals surface area contributed by atoms with E-state index in [1.165, 1.54) is 4.90 Å². The van der Waals surface area contributed by atoms with Gasteiger partial charge in [0.15, 0.2) is 5.60 Å². The first-order valence-electron chi connectivity index (χ1n) is 7.21. The number of benzene rings is 2. The molecule has 0 spiro atoms. The molecule has 3 heteroatoms. The third-order valence-corrected chi connectivity index (χ3v) is 4.52. The van der Waals surface area contributed by atoms with E-state index >= 15 is 0 Å². The molecule has 0 saturated carbocycles. The third-order valence-electron chi connectivity index (χ3n) is 3.77. The second kappa shape index (κ2) is 5.65. The lowest BCUT2D eigenvalue weighted by Gasteiger charge is -2.17. The number of hydrogen-bond donors (Lipinski definition) is 0. The van der Waals surface area contributed by atoms with Crippen molar-refractivity contribution in [3.05, 3.63) is 65.7 Å². The number of carbonyl (C=O) groups excluding carboxylic acids is 1. The van der Waals surface area contributed by atoms with E-state index in [1.807, 2.05) is 74.7 Å². The van der Waals surface area contributed by atoms with Gasteiger partial charge in [-0.1, -0.05) is 42.5 Å². The molecule has 0 amide bonds. The SMILES string of the molecule is CSc1ccc(C2=C(c3ccccc3)OC(C)(C)C2=O)cc1. The van der Waals surface area contributed by atoms with Gasteiger partial charge >= 0.3 is 0 Å². The van der Waals surface area contributed by atoms with E-state index in [4.69, 9.17) is 4.74 Å². The largest absolute Gasteiger partial charge is 0.478 e. The lowest BCUT2D eigenvalue weighted by Crippen LogP contribution is -2.29. The van der Waals surface area contributed by atoms with Crippen LogP contribution in [0.1, 0.15) is 25.0 Å². The molecule has 2 aromatic carbocycles. The van der Waals surface area contributed by atoms with E-state index in [0.29, 0.717) is 11.3 Å². The van der Waals surface area contributed by atoms with Crippen molar-refractivity contribution in [1.82, 2.24) is 0 Å². The van der Waals surface area contributed by atoms with Gasteiger partial charge in [0.2, 0.25) is 5.78 Å². The maximum atomic E-state index is 12.8.